The van der Waals surface area contributed by atoms with Crippen LogP contribution in [0.4, 0.5) is 0 Å². The molecular weight excluding hydrogens is 176 g/mol. The Morgan fingerprint density at radius 1 is 1.14 bits per heavy atom. The number of rotatable bonds is 4. The zero-order valence-corrected chi connectivity index (χ0v) is 9.16. The third kappa shape index (κ3) is 3.28. The molecule has 1 heterocycles. The Labute approximate surface area is 86.6 Å². The summed E-state index contributed by atoms with van der Waals surface area (Å²) in [7, 11) is 0. The predicted molar refractivity (Wildman–Crippen MR) is 58.1 cm³/mol. The molecule has 0 saturated carbocycles. The summed E-state index contributed by atoms with van der Waals surface area (Å²) in [5, 5.41) is 0. The van der Waals surface area contributed by atoms with E-state index in [0.29, 0.717) is 0 Å². The molecule has 14 heavy (non-hydrogen) atoms. The van der Waals surface area contributed by atoms with Gasteiger partial charge in [0.2, 0.25) is 0 Å². The van der Waals surface area contributed by atoms with Gasteiger partial charge in [0, 0.05) is 6.42 Å². The molecule has 2 atom stereocenters. The van der Waals surface area contributed by atoms with Gasteiger partial charge in [-0.2, -0.15) is 0 Å². The van der Waals surface area contributed by atoms with E-state index in [4.69, 9.17) is 9.47 Å². The fourth-order valence-electron chi connectivity index (χ4n) is 1.88. The van der Waals surface area contributed by atoms with Crippen molar-refractivity contribution in [1.82, 2.24) is 0 Å². The molecule has 1 fully saturated rings. The highest BCUT2D eigenvalue weighted by Crippen LogP contribution is 2.29. The van der Waals surface area contributed by atoms with E-state index in [1.807, 2.05) is 26.0 Å². The van der Waals surface area contributed by atoms with Crippen molar-refractivity contribution in [2.45, 2.75) is 51.1 Å². The van der Waals surface area contributed by atoms with E-state index >= 15 is 0 Å². The lowest BCUT2D eigenvalue weighted by Crippen LogP contribution is -2.44. The molecule has 0 N–H and O–H groups in total. The molecule has 1 aliphatic heterocycles. The van der Waals surface area contributed by atoms with E-state index in [9.17, 15) is 0 Å². The summed E-state index contributed by atoms with van der Waals surface area (Å²) in [6, 6.07) is 0. The Morgan fingerprint density at radius 3 is 1.93 bits per heavy atom. The van der Waals surface area contributed by atoms with Gasteiger partial charge >= 0.3 is 0 Å². The van der Waals surface area contributed by atoms with Crippen LogP contribution in [0.15, 0.2) is 25.3 Å². The van der Waals surface area contributed by atoms with Gasteiger partial charge in [0.15, 0.2) is 5.79 Å². The highest BCUT2D eigenvalue weighted by Gasteiger charge is 2.34. The van der Waals surface area contributed by atoms with Crippen LogP contribution in [0.3, 0.4) is 0 Å². The lowest BCUT2D eigenvalue weighted by molar-refractivity contribution is -0.297. The van der Waals surface area contributed by atoms with Crippen molar-refractivity contribution in [3.63, 3.8) is 0 Å². The van der Waals surface area contributed by atoms with Crippen molar-refractivity contribution in [3.05, 3.63) is 25.3 Å². The maximum atomic E-state index is 5.76. The zero-order chi connectivity index (χ0) is 10.6. The quantitative estimate of drug-likeness (QED) is 0.643. The molecule has 0 unspecified atom stereocenters. The summed E-state index contributed by atoms with van der Waals surface area (Å²) >= 11 is 0. The first kappa shape index (κ1) is 11.5. The van der Waals surface area contributed by atoms with E-state index in [1.165, 1.54) is 0 Å². The lowest BCUT2D eigenvalue weighted by atomic mass is 10.0. The van der Waals surface area contributed by atoms with Gasteiger partial charge in [-0.25, -0.2) is 0 Å². The molecule has 0 amide bonds. The van der Waals surface area contributed by atoms with Gasteiger partial charge in [0.25, 0.3) is 0 Å². The van der Waals surface area contributed by atoms with E-state index in [2.05, 4.69) is 13.2 Å². The Balaban J connectivity index is 2.56. The Morgan fingerprint density at radius 2 is 1.57 bits per heavy atom. The summed E-state index contributed by atoms with van der Waals surface area (Å²) in [6.07, 6.45) is 6.98. The van der Waals surface area contributed by atoms with Gasteiger partial charge in [-0.1, -0.05) is 12.2 Å². The molecule has 0 bridgehead atoms. The topological polar surface area (TPSA) is 18.5 Å². The smallest absolute Gasteiger partial charge is 0.163 e. The van der Waals surface area contributed by atoms with Crippen molar-refractivity contribution in [1.29, 1.82) is 0 Å². The minimum Gasteiger partial charge on any atom is -0.347 e. The monoisotopic (exact) mass is 196 g/mol. The van der Waals surface area contributed by atoms with Crippen LogP contribution in [0.1, 0.15) is 33.1 Å². The van der Waals surface area contributed by atoms with Crippen molar-refractivity contribution in [3.8, 4) is 0 Å². The maximum Gasteiger partial charge on any atom is 0.163 e. The van der Waals surface area contributed by atoms with Crippen LogP contribution in [0.5, 0.6) is 0 Å². The first-order valence-electron chi connectivity index (χ1n) is 5.15. The van der Waals surface area contributed by atoms with E-state index in [1.54, 1.807) is 0 Å². The number of hydrogen-bond donors (Lipinski definition) is 0. The molecule has 0 spiro atoms. The summed E-state index contributed by atoms with van der Waals surface area (Å²) < 4.78 is 11.5. The molecule has 0 aromatic carbocycles. The molecule has 2 nitrogen and oxygen atoms in total. The van der Waals surface area contributed by atoms with E-state index in [-0.39, 0.29) is 12.2 Å². The molecule has 0 radical (unpaired) electrons. The molecule has 1 rings (SSSR count). The van der Waals surface area contributed by atoms with E-state index < -0.39 is 5.79 Å². The number of ether oxygens (including phenoxy) is 2. The van der Waals surface area contributed by atoms with Crippen molar-refractivity contribution < 1.29 is 9.47 Å². The average molecular weight is 196 g/mol. The van der Waals surface area contributed by atoms with Crippen molar-refractivity contribution in [2.75, 3.05) is 0 Å². The highest BCUT2D eigenvalue weighted by atomic mass is 16.7. The van der Waals surface area contributed by atoms with Crippen LogP contribution in [0.25, 0.3) is 0 Å². The molecule has 0 aromatic heterocycles. The molecular formula is C12H20O2. The first-order valence-corrected chi connectivity index (χ1v) is 5.15. The Kier molecular flexibility index (Phi) is 3.90. The Hall–Kier alpha value is -0.600. The molecule has 0 aromatic rings. The van der Waals surface area contributed by atoms with Gasteiger partial charge in [0.05, 0.1) is 12.2 Å². The van der Waals surface area contributed by atoms with Crippen LogP contribution < -0.4 is 0 Å². The second-order valence-electron chi connectivity index (χ2n) is 4.16. The average Bonchev–Trinajstić information content (AvgIpc) is 2.01. The minimum atomic E-state index is -0.473. The normalized spacial score (nSPS) is 31.0. The molecule has 0 aliphatic carbocycles. The minimum absolute atomic E-state index is 0.237. The lowest BCUT2D eigenvalue weighted by Gasteiger charge is -2.40. The van der Waals surface area contributed by atoms with Crippen LogP contribution in [0.2, 0.25) is 0 Å². The molecule has 1 aliphatic rings. The van der Waals surface area contributed by atoms with Crippen LogP contribution in [-0.2, 0) is 9.47 Å². The van der Waals surface area contributed by atoms with Gasteiger partial charge in [0.1, 0.15) is 0 Å². The highest BCUT2D eigenvalue weighted by molar-refractivity contribution is 4.85. The maximum absolute atomic E-state index is 5.76. The fourth-order valence-corrected chi connectivity index (χ4v) is 1.88. The van der Waals surface area contributed by atoms with Crippen LogP contribution in [0, 0.1) is 0 Å². The SMILES string of the molecule is C=CC[C@@H]1C[C@@H](CC=C)OC(C)(C)O1. The van der Waals surface area contributed by atoms with E-state index in [0.717, 1.165) is 19.3 Å². The predicted octanol–water partition coefficient (Wildman–Crippen LogP) is 3.05. The standard InChI is InChI=1S/C12H20O2/c1-5-7-10-9-11(8-6-2)14-12(3,4)13-10/h5-6,10-11H,1-2,7-9H2,3-4H3/t10-,11-/m1/s1. The summed E-state index contributed by atoms with van der Waals surface area (Å²) in [5.41, 5.74) is 0. The van der Waals surface area contributed by atoms with Gasteiger partial charge < -0.3 is 9.47 Å². The number of hydrogen-bond acceptors (Lipinski definition) is 2. The van der Waals surface area contributed by atoms with Gasteiger partial charge in [-0.05, 0) is 26.7 Å². The third-order valence-corrected chi connectivity index (χ3v) is 2.29. The van der Waals surface area contributed by atoms with Gasteiger partial charge in [-0.3, -0.25) is 0 Å². The summed E-state index contributed by atoms with van der Waals surface area (Å²) in [6.45, 7) is 11.4. The largest absolute Gasteiger partial charge is 0.347 e. The first-order chi connectivity index (χ1) is 6.57. The molecule has 80 valence electrons. The summed E-state index contributed by atoms with van der Waals surface area (Å²) in [4.78, 5) is 0. The zero-order valence-electron chi connectivity index (χ0n) is 9.16. The Bertz CT molecular complexity index is 188. The van der Waals surface area contributed by atoms with Crippen molar-refractivity contribution >= 4 is 0 Å². The van der Waals surface area contributed by atoms with Crippen LogP contribution >= 0.6 is 0 Å². The molecule has 2 heteroatoms. The van der Waals surface area contributed by atoms with Gasteiger partial charge in [-0.15, -0.1) is 13.2 Å². The second-order valence-corrected chi connectivity index (χ2v) is 4.16. The van der Waals surface area contributed by atoms with Crippen LogP contribution in [-0.4, -0.2) is 18.0 Å². The molecule has 1 saturated heterocycles. The second kappa shape index (κ2) is 4.76. The summed E-state index contributed by atoms with van der Waals surface area (Å²) in [5.74, 6) is -0.473. The third-order valence-electron chi connectivity index (χ3n) is 2.29. The van der Waals surface area contributed by atoms with Crippen molar-refractivity contribution in [2.24, 2.45) is 0 Å². The fraction of sp³-hybridized carbons (Fsp3) is 0.667.